The van der Waals surface area contributed by atoms with Gasteiger partial charge < -0.3 is 19.2 Å². The lowest BCUT2D eigenvalue weighted by molar-refractivity contribution is 0.0781. The van der Waals surface area contributed by atoms with Gasteiger partial charge in [-0.15, -0.1) is 0 Å². The molecule has 2 N–H and O–H groups in total. The fourth-order valence-electron chi connectivity index (χ4n) is 3.27. The van der Waals surface area contributed by atoms with Crippen molar-refractivity contribution in [2.75, 3.05) is 25.5 Å². The van der Waals surface area contributed by atoms with Crippen LogP contribution in [0.3, 0.4) is 0 Å². The van der Waals surface area contributed by atoms with Gasteiger partial charge in [0.15, 0.2) is 0 Å². The zero-order chi connectivity index (χ0) is 25.2. The van der Waals surface area contributed by atoms with E-state index >= 15 is 0 Å². The number of nitrogens with one attached hydrogen (secondary N) is 2. The number of aromatic nitrogens is 5. The van der Waals surface area contributed by atoms with E-state index in [1.807, 2.05) is 0 Å². The number of methoxy groups -OCH3 is 2. The number of halogens is 3. The van der Waals surface area contributed by atoms with Crippen LogP contribution in [-0.4, -0.2) is 60.8 Å². The molecule has 15 heteroatoms. The van der Waals surface area contributed by atoms with Crippen LogP contribution in [0.1, 0.15) is 0 Å². The molecule has 0 saturated heterocycles. The monoisotopic (exact) mass is 526 g/mol. The molecule has 35 heavy (non-hydrogen) atoms. The van der Waals surface area contributed by atoms with Crippen LogP contribution in [0.15, 0.2) is 41.7 Å². The minimum atomic E-state index is -4.25. The lowest BCUT2D eigenvalue weighted by Crippen LogP contribution is -2.16. The summed E-state index contributed by atoms with van der Waals surface area (Å²) >= 11 is 6.38. The Kier molecular flexibility index (Phi) is 6.84. The van der Waals surface area contributed by atoms with Crippen molar-refractivity contribution in [3.05, 3.63) is 41.8 Å². The quantitative estimate of drug-likeness (QED) is 0.335. The molecule has 0 radical (unpaired) electrons. The molecule has 4 aromatic rings. The number of rotatable bonds is 9. The van der Waals surface area contributed by atoms with Crippen molar-refractivity contribution in [1.82, 2.24) is 25.1 Å². The van der Waals surface area contributed by atoms with Gasteiger partial charge in [0.2, 0.25) is 11.7 Å². The summed E-state index contributed by atoms with van der Waals surface area (Å²) in [4.78, 5) is 10.6. The lowest BCUT2D eigenvalue weighted by Gasteiger charge is -2.14. The fraction of sp³-hybridized carbons (Fsp3) is 0.200. The third-order valence-corrected chi connectivity index (χ3v) is 6.38. The number of aromatic amines is 1. The molecule has 0 amide bonds. The highest BCUT2D eigenvalue weighted by Crippen LogP contribution is 2.38. The molecule has 0 atom stereocenters. The van der Waals surface area contributed by atoms with Gasteiger partial charge in [0.05, 0.1) is 37.2 Å². The van der Waals surface area contributed by atoms with Gasteiger partial charge in [-0.3, -0.25) is 0 Å². The molecular weight excluding hydrogens is 510 g/mol. The predicted octanol–water partition coefficient (Wildman–Crippen LogP) is 3.53. The summed E-state index contributed by atoms with van der Waals surface area (Å²) < 4.78 is 68.9. The van der Waals surface area contributed by atoms with E-state index in [1.54, 1.807) is 18.2 Å². The van der Waals surface area contributed by atoms with Gasteiger partial charge in [0, 0.05) is 22.7 Å². The first-order chi connectivity index (χ1) is 16.7. The number of anilines is 1. The molecular formula is C20H17ClF2N6O5S. The first-order valence-corrected chi connectivity index (χ1v) is 11.6. The topological polar surface area (TPSA) is 141 Å². The van der Waals surface area contributed by atoms with Gasteiger partial charge in [-0.25, -0.2) is 21.9 Å². The molecule has 0 aliphatic rings. The summed E-state index contributed by atoms with van der Waals surface area (Å²) in [5.41, 5.74) is 1.63. The van der Waals surface area contributed by atoms with Crippen LogP contribution in [0.2, 0.25) is 5.02 Å². The smallest absolute Gasteiger partial charge is 0.272 e. The predicted molar refractivity (Wildman–Crippen MR) is 122 cm³/mol. The molecule has 4 rings (SSSR count). The Morgan fingerprint density at radius 1 is 1.11 bits per heavy atom. The van der Waals surface area contributed by atoms with Crippen molar-refractivity contribution >= 4 is 38.5 Å². The van der Waals surface area contributed by atoms with Crippen LogP contribution in [-0.2, 0) is 10.0 Å². The van der Waals surface area contributed by atoms with Crippen molar-refractivity contribution in [3.63, 3.8) is 0 Å². The number of hydrogen-bond donors (Lipinski definition) is 2. The number of sulfonamides is 1. The van der Waals surface area contributed by atoms with E-state index in [9.17, 15) is 17.2 Å². The van der Waals surface area contributed by atoms with Crippen molar-refractivity contribution in [1.29, 1.82) is 0 Å². The molecule has 3 aromatic heterocycles. The Balaban J connectivity index is 1.74. The van der Waals surface area contributed by atoms with Crippen LogP contribution < -0.4 is 18.9 Å². The van der Waals surface area contributed by atoms with Gasteiger partial charge in [-0.1, -0.05) is 11.6 Å². The molecule has 0 unspecified atom stereocenters. The SMILES string of the molecule is COc1nc(NS(=O)(=O)c2c[nH]c3c(-c4ccnnc4)c(Cl)ccc23)nc(OC)c1OCC(F)F. The number of hydrogen-bond acceptors (Lipinski definition) is 9. The van der Waals surface area contributed by atoms with E-state index < -0.39 is 29.0 Å². The average Bonchev–Trinajstić information content (AvgIpc) is 3.27. The number of nitrogens with zero attached hydrogens (tertiary/aromatic N) is 4. The van der Waals surface area contributed by atoms with E-state index in [0.29, 0.717) is 27.1 Å². The normalized spacial score (nSPS) is 11.6. The van der Waals surface area contributed by atoms with Gasteiger partial charge in [-0.2, -0.15) is 20.2 Å². The Hall–Kier alpha value is -3.78. The van der Waals surface area contributed by atoms with Crippen LogP contribution in [0.4, 0.5) is 14.7 Å². The standard InChI is InChI=1S/C20H17ClF2N6O5S/c1-32-18-17(34-9-14(22)23)19(33-2)28-20(27-18)29-35(30,31)13-8-24-16-11(13)3-4-12(21)15(16)10-5-6-25-26-7-10/h3-8,14,24H,9H2,1-2H3,(H,27,28,29). The molecule has 0 aliphatic carbocycles. The highest BCUT2D eigenvalue weighted by atomic mass is 35.5. The van der Waals surface area contributed by atoms with Gasteiger partial charge in [0.1, 0.15) is 11.5 Å². The molecule has 1 aromatic carbocycles. The third kappa shape index (κ3) is 4.88. The second-order valence-corrected chi connectivity index (χ2v) is 8.89. The summed E-state index contributed by atoms with van der Waals surface area (Å²) in [5, 5.41) is 8.29. The van der Waals surface area contributed by atoms with E-state index in [4.69, 9.17) is 25.8 Å². The molecule has 0 saturated carbocycles. The minimum absolute atomic E-state index is 0.119. The Labute approximate surface area is 202 Å². The van der Waals surface area contributed by atoms with Crippen molar-refractivity contribution < 1.29 is 31.4 Å². The molecule has 184 valence electrons. The van der Waals surface area contributed by atoms with E-state index in [1.165, 1.54) is 32.8 Å². The summed E-state index contributed by atoms with van der Waals surface area (Å²) in [5.74, 6) is -1.32. The Morgan fingerprint density at radius 2 is 1.83 bits per heavy atom. The largest absolute Gasteiger partial charge is 0.478 e. The van der Waals surface area contributed by atoms with E-state index in [-0.39, 0.29) is 22.4 Å². The zero-order valence-corrected chi connectivity index (χ0v) is 19.7. The van der Waals surface area contributed by atoms with Crippen molar-refractivity contribution in [2.45, 2.75) is 11.3 Å². The first kappa shape index (κ1) is 24.3. The van der Waals surface area contributed by atoms with Crippen molar-refractivity contribution in [2.24, 2.45) is 0 Å². The van der Waals surface area contributed by atoms with E-state index in [0.717, 1.165) is 0 Å². The van der Waals surface area contributed by atoms with Crippen molar-refractivity contribution in [3.8, 4) is 28.6 Å². The first-order valence-electron chi connectivity index (χ1n) is 9.75. The third-order valence-electron chi connectivity index (χ3n) is 4.70. The molecule has 0 spiro atoms. The minimum Gasteiger partial charge on any atom is -0.478 e. The Bertz CT molecular complexity index is 1440. The maximum absolute atomic E-state index is 13.2. The number of H-pyrrole nitrogens is 1. The van der Waals surface area contributed by atoms with Gasteiger partial charge >= 0.3 is 0 Å². The highest BCUT2D eigenvalue weighted by molar-refractivity contribution is 7.93. The summed E-state index contributed by atoms with van der Waals surface area (Å²) in [7, 11) is -1.84. The number of ether oxygens (including phenoxy) is 3. The van der Waals surface area contributed by atoms with Gasteiger partial charge in [-0.05, 0) is 18.2 Å². The van der Waals surface area contributed by atoms with Crippen LogP contribution in [0.5, 0.6) is 17.5 Å². The van der Waals surface area contributed by atoms with Crippen LogP contribution in [0, 0.1) is 0 Å². The second kappa shape index (κ2) is 9.84. The number of alkyl halides is 2. The maximum atomic E-state index is 13.2. The second-order valence-electron chi connectivity index (χ2n) is 6.83. The number of benzene rings is 1. The molecule has 11 nitrogen and oxygen atoms in total. The molecule has 0 fully saturated rings. The average molecular weight is 527 g/mol. The highest BCUT2D eigenvalue weighted by Gasteiger charge is 2.26. The Morgan fingerprint density at radius 3 is 2.43 bits per heavy atom. The molecule has 0 bridgehead atoms. The van der Waals surface area contributed by atoms with Crippen LogP contribution >= 0.6 is 11.6 Å². The zero-order valence-electron chi connectivity index (χ0n) is 18.1. The molecule has 3 heterocycles. The fourth-order valence-corrected chi connectivity index (χ4v) is 4.65. The summed E-state index contributed by atoms with van der Waals surface area (Å²) in [6, 6.07) is 4.79. The summed E-state index contributed by atoms with van der Waals surface area (Å²) in [6.07, 6.45) is 1.50. The lowest BCUT2D eigenvalue weighted by atomic mass is 10.1. The van der Waals surface area contributed by atoms with E-state index in [2.05, 4.69) is 29.9 Å². The number of fused-ring (bicyclic) bond motifs is 1. The summed E-state index contributed by atoms with van der Waals surface area (Å²) in [6.45, 7) is -0.964. The van der Waals surface area contributed by atoms with Crippen LogP contribution in [0.25, 0.3) is 22.0 Å². The van der Waals surface area contributed by atoms with Gasteiger partial charge in [0.25, 0.3) is 28.2 Å². The maximum Gasteiger partial charge on any atom is 0.272 e. The molecule has 0 aliphatic heterocycles.